The molecule has 26 heavy (non-hydrogen) atoms. The number of fused-ring (bicyclic) bond motifs is 5. The zero-order valence-corrected chi connectivity index (χ0v) is 16.5. The van der Waals surface area contributed by atoms with Crippen molar-refractivity contribution >= 4 is 5.97 Å². The van der Waals surface area contributed by atoms with E-state index in [4.69, 9.17) is 5.11 Å². The van der Waals surface area contributed by atoms with Crippen LogP contribution in [0.25, 0.3) is 0 Å². The fourth-order valence-corrected chi connectivity index (χ4v) is 7.78. The van der Waals surface area contributed by atoms with Crippen molar-refractivity contribution in [1.29, 1.82) is 0 Å². The molecule has 0 aromatic rings. The van der Waals surface area contributed by atoms with Gasteiger partial charge in [-0.3, -0.25) is 4.79 Å². The second-order valence-corrected chi connectivity index (χ2v) is 10.1. The molecule has 2 N–H and O–H groups in total. The van der Waals surface area contributed by atoms with Crippen LogP contribution in [0.5, 0.6) is 0 Å². The fourth-order valence-electron chi connectivity index (χ4n) is 7.78. The third-order valence-corrected chi connectivity index (χ3v) is 8.99. The molecule has 3 saturated carbocycles. The van der Waals surface area contributed by atoms with Gasteiger partial charge in [-0.25, -0.2) is 0 Å². The molecule has 3 heteroatoms. The van der Waals surface area contributed by atoms with E-state index in [-0.39, 0.29) is 6.10 Å². The van der Waals surface area contributed by atoms with Gasteiger partial charge in [-0.1, -0.05) is 25.5 Å². The Balaban J connectivity index is 1.50. The highest BCUT2D eigenvalue weighted by Gasteiger charge is 2.56. The third kappa shape index (κ3) is 3.04. The molecule has 0 bridgehead atoms. The minimum absolute atomic E-state index is 0.103. The molecular weight excluding hydrogens is 324 g/mol. The summed E-state index contributed by atoms with van der Waals surface area (Å²) < 4.78 is 0. The van der Waals surface area contributed by atoms with Crippen LogP contribution in [-0.2, 0) is 4.79 Å². The van der Waals surface area contributed by atoms with Gasteiger partial charge in [0.05, 0.1) is 6.10 Å². The van der Waals surface area contributed by atoms with Crippen LogP contribution in [0.15, 0.2) is 11.6 Å². The van der Waals surface area contributed by atoms with Gasteiger partial charge >= 0.3 is 5.97 Å². The summed E-state index contributed by atoms with van der Waals surface area (Å²) in [5.41, 5.74) is 1.98. The van der Waals surface area contributed by atoms with Crippen LogP contribution >= 0.6 is 0 Å². The Hall–Kier alpha value is -0.830. The molecule has 4 rings (SSSR count). The predicted molar refractivity (Wildman–Crippen MR) is 103 cm³/mol. The van der Waals surface area contributed by atoms with Crippen molar-refractivity contribution in [1.82, 2.24) is 0 Å². The molecule has 0 radical (unpaired) electrons. The SMILES string of the molecule is CC(CCC(=O)O)[C@H]1CC[C@H]2[C@@H]3CC=C4C[C@@H](O)CCC4[C@H]3CC[C@]12C. The van der Waals surface area contributed by atoms with Gasteiger partial charge in [0.15, 0.2) is 0 Å². The average Bonchev–Trinajstić information content (AvgIpc) is 2.96. The van der Waals surface area contributed by atoms with E-state index in [2.05, 4.69) is 19.9 Å². The number of carboxylic acid groups (broad SMARTS) is 1. The van der Waals surface area contributed by atoms with Crippen LogP contribution in [0.3, 0.4) is 0 Å². The lowest BCUT2D eigenvalue weighted by Gasteiger charge is -2.54. The van der Waals surface area contributed by atoms with Crippen molar-refractivity contribution in [2.24, 2.45) is 40.9 Å². The van der Waals surface area contributed by atoms with E-state index in [1.165, 1.54) is 38.5 Å². The van der Waals surface area contributed by atoms with E-state index < -0.39 is 5.97 Å². The molecule has 0 spiro atoms. The Morgan fingerprint density at radius 2 is 2.04 bits per heavy atom. The monoisotopic (exact) mass is 360 g/mol. The van der Waals surface area contributed by atoms with Gasteiger partial charge in [-0.05, 0) is 98.7 Å². The van der Waals surface area contributed by atoms with Gasteiger partial charge < -0.3 is 10.2 Å². The Morgan fingerprint density at radius 3 is 2.81 bits per heavy atom. The number of allylic oxidation sites excluding steroid dienone is 1. The largest absolute Gasteiger partial charge is 0.481 e. The molecule has 8 atom stereocenters. The number of aliphatic carboxylic acids is 1. The molecule has 3 nitrogen and oxygen atoms in total. The van der Waals surface area contributed by atoms with Crippen LogP contribution in [0.2, 0.25) is 0 Å². The maximum atomic E-state index is 11.0. The number of rotatable bonds is 4. The maximum absolute atomic E-state index is 11.0. The van der Waals surface area contributed by atoms with Crippen LogP contribution in [0.4, 0.5) is 0 Å². The quantitative estimate of drug-likeness (QED) is 0.691. The highest BCUT2D eigenvalue weighted by molar-refractivity contribution is 5.66. The maximum Gasteiger partial charge on any atom is 0.303 e. The first-order valence-electron chi connectivity index (χ1n) is 11.0. The Labute approximate surface area is 158 Å². The summed E-state index contributed by atoms with van der Waals surface area (Å²) in [6, 6.07) is 0. The lowest BCUT2D eigenvalue weighted by molar-refractivity contribution is -0.137. The van der Waals surface area contributed by atoms with Gasteiger partial charge in [0.2, 0.25) is 0 Å². The van der Waals surface area contributed by atoms with Crippen molar-refractivity contribution < 1.29 is 15.0 Å². The Morgan fingerprint density at radius 1 is 1.23 bits per heavy atom. The van der Waals surface area contributed by atoms with Crippen molar-refractivity contribution in [3.63, 3.8) is 0 Å². The smallest absolute Gasteiger partial charge is 0.303 e. The summed E-state index contributed by atoms with van der Waals surface area (Å²) in [7, 11) is 0. The van der Waals surface area contributed by atoms with Crippen LogP contribution < -0.4 is 0 Å². The second-order valence-electron chi connectivity index (χ2n) is 10.1. The fraction of sp³-hybridized carbons (Fsp3) is 0.870. The molecule has 146 valence electrons. The predicted octanol–water partition coefficient (Wildman–Crippen LogP) is 5.04. The summed E-state index contributed by atoms with van der Waals surface area (Å²) in [5.74, 6) is 3.81. The lowest BCUT2D eigenvalue weighted by atomic mass is 9.51. The molecule has 0 aliphatic heterocycles. The highest BCUT2D eigenvalue weighted by atomic mass is 16.4. The summed E-state index contributed by atoms with van der Waals surface area (Å²) in [6.07, 6.45) is 13.2. The molecule has 4 aliphatic carbocycles. The molecule has 4 aliphatic rings. The van der Waals surface area contributed by atoms with E-state index in [0.29, 0.717) is 23.7 Å². The summed E-state index contributed by atoms with van der Waals surface area (Å²) in [5, 5.41) is 19.1. The summed E-state index contributed by atoms with van der Waals surface area (Å²) >= 11 is 0. The van der Waals surface area contributed by atoms with E-state index in [1.54, 1.807) is 5.57 Å². The van der Waals surface area contributed by atoms with E-state index >= 15 is 0 Å². The second kappa shape index (κ2) is 6.96. The third-order valence-electron chi connectivity index (χ3n) is 8.99. The van der Waals surface area contributed by atoms with E-state index in [0.717, 1.165) is 42.9 Å². The van der Waals surface area contributed by atoms with Crippen LogP contribution in [-0.4, -0.2) is 22.3 Å². The van der Waals surface area contributed by atoms with Crippen molar-refractivity contribution in [3.05, 3.63) is 11.6 Å². The zero-order valence-electron chi connectivity index (χ0n) is 16.5. The molecule has 0 saturated heterocycles. The minimum atomic E-state index is -0.648. The van der Waals surface area contributed by atoms with Crippen molar-refractivity contribution in [2.45, 2.75) is 84.2 Å². The zero-order chi connectivity index (χ0) is 18.5. The molecular formula is C23H36O3. The van der Waals surface area contributed by atoms with E-state index in [1.807, 2.05) is 0 Å². The Bertz CT molecular complexity index is 582. The first kappa shape index (κ1) is 18.5. The van der Waals surface area contributed by atoms with Gasteiger partial charge in [-0.2, -0.15) is 0 Å². The van der Waals surface area contributed by atoms with Gasteiger partial charge in [-0.15, -0.1) is 0 Å². The van der Waals surface area contributed by atoms with Gasteiger partial charge in [0.1, 0.15) is 0 Å². The molecule has 3 fully saturated rings. The normalized spacial score (nSPS) is 45.9. The van der Waals surface area contributed by atoms with Gasteiger partial charge in [0, 0.05) is 6.42 Å². The number of hydrogen-bond donors (Lipinski definition) is 2. The minimum Gasteiger partial charge on any atom is -0.481 e. The number of carbonyl (C=O) groups is 1. The number of aliphatic hydroxyl groups is 1. The topological polar surface area (TPSA) is 57.5 Å². The summed E-state index contributed by atoms with van der Waals surface area (Å²) in [6.45, 7) is 4.83. The average molecular weight is 361 g/mol. The molecule has 0 aromatic heterocycles. The lowest BCUT2D eigenvalue weighted by Crippen LogP contribution is -2.47. The Kier molecular flexibility index (Phi) is 4.96. The first-order chi connectivity index (χ1) is 12.4. The van der Waals surface area contributed by atoms with Crippen LogP contribution in [0, 0.1) is 40.9 Å². The van der Waals surface area contributed by atoms with Crippen molar-refractivity contribution in [3.8, 4) is 0 Å². The standard InChI is InChI=1S/C23H36O3/c1-14(3-10-22(25)26)20-8-9-21-19-6-4-15-13-16(24)5-7-17(15)18(19)11-12-23(20,21)2/h4,14,16-21,24H,3,5-13H2,1-2H3,(H,25,26)/t14?,16-,17?,18+,19+,20+,21-,23+/m0/s1. The summed E-state index contributed by atoms with van der Waals surface area (Å²) in [4.78, 5) is 11.0. The van der Waals surface area contributed by atoms with Crippen LogP contribution in [0.1, 0.15) is 78.1 Å². The first-order valence-corrected chi connectivity index (χ1v) is 11.0. The number of carboxylic acids is 1. The number of hydrogen-bond acceptors (Lipinski definition) is 2. The molecule has 0 amide bonds. The molecule has 0 aromatic carbocycles. The highest BCUT2D eigenvalue weighted by Crippen LogP contribution is 2.64. The van der Waals surface area contributed by atoms with Crippen molar-refractivity contribution in [2.75, 3.05) is 0 Å². The molecule has 2 unspecified atom stereocenters. The number of aliphatic hydroxyl groups excluding tert-OH is 1. The van der Waals surface area contributed by atoms with Gasteiger partial charge in [0.25, 0.3) is 0 Å². The van der Waals surface area contributed by atoms with E-state index in [9.17, 15) is 9.90 Å². The molecule has 0 heterocycles.